The van der Waals surface area contributed by atoms with Crippen LogP contribution in [0.2, 0.25) is 0 Å². The van der Waals surface area contributed by atoms with Crippen molar-refractivity contribution in [2.75, 3.05) is 0 Å². The SMILES string of the molecule is C1=C(c2ccccc2)N=C(c2cccc(-n3c4ccccc4c4cc(-c5cccc6c5sc5ccccc56)ccc43)c2)NC1c1ccccc1. The molecule has 4 heteroatoms. The van der Waals surface area contributed by atoms with Crippen LogP contribution in [-0.4, -0.2) is 10.4 Å². The zero-order valence-electron chi connectivity index (χ0n) is 27.1. The van der Waals surface area contributed by atoms with E-state index in [9.17, 15) is 0 Å². The molecular formula is C46H31N3S. The van der Waals surface area contributed by atoms with Crippen molar-refractivity contribution in [3.8, 4) is 16.8 Å². The van der Waals surface area contributed by atoms with Crippen LogP contribution in [0.1, 0.15) is 22.7 Å². The maximum atomic E-state index is 5.19. The molecule has 1 atom stereocenters. The maximum absolute atomic E-state index is 5.19. The smallest absolute Gasteiger partial charge is 0.134 e. The van der Waals surface area contributed by atoms with Crippen molar-refractivity contribution in [1.29, 1.82) is 0 Å². The van der Waals surface area contributed by atoms with Crippen LogP contribution < -0.4 is 5.32 Å². The van der Waals surface area contributed by atoms with E-state index < -0.39 is 0 Å². The van der Waals surface area contributed by atoms with Gasteiger partial charge in [-0.2, -0.15) is 0 Å². The molecule has 0 aliphatic carbocycles. The molecule has 0 saturated carbocycles. The lowest BCUT2D eigenvalue weighted by atomic mass is 10.0. The minimum absolute atomic E-state index is 0.000359. The Morgan fingerprint density at radius 1 is 0.520 bits per heavy atom. The molecule has 3 nitrogen and oxygen atoms in total. The van der Waals surface area contributed by atoms with Crippen molar-refractivity contribution < 1.29 is 0 Å². The summed E-state index contributed by atoms with van der Waals surface area (Å²) < 4.78 is 5.05. The van der Waals surface area contributed by atoms with Crippen LogP contribution in [0.15, 0.2) is 181 Å². The topological polar surface area (TPSA) is 29.3 Å². The van der Waals surface area contributed by atoms with E-state index in [-0.39, 0.29) is 6.04 Å². The van der Waals surface area contributed by atoms with Gasteiger partial charge in [0.25, 0.3) is 0 Å². The molecule has 236 valence electrons. The molecule has 1 unspecified atom stereocenters. The number of fused-ring (bicyclic) bond motifs is 6. The van der Waals surface area contributed by atoms with Gasteiger partial charge in [-0.15, -0.1) is 11.3 Å². The largest absolute Gasteiger partial charge is 0.359 e. The maximum Gasteiger partial charge on any atom is 0.134 e. The Morgan fingerprint density at radius 3 is 2.10 bits per heavy atom. The lowest BCUT2D eigenvalue weighted by Gasteiger charge is -2.25. The van der Waals surface area contributed by atoms with Crippen LogP contribution in [0, 0.1) is 0 Å². The van der Waals surface area contributed by atoms with Crippen molar-refractivity contribution in [2.24, 2.45) is 4.99 Å². The fraction of sp³-hybridized carbons (Fsp3) is 0.0217. The van der Waals surface area contributed by atoms with Gasteiger partial charge >= 0.3 is 0 Å². The first-order valence-corrected chi connectivity index (χ1v) is 17.8. The Kier molecular flexibility index (Phi) is 6.74. The van der Waals surface area contributed by atoms with Gasteiger partial charge in [0.05, 0.1) is 22.8 Å². The number of benzene rings is 7. The standard InChI is InChI=1S/C46H31N3S/c1-3-13-30(14-4-1)40-29-41(31-15-5-2-6-16-31)48-46(47-40)33-17-11-18-34(27-33)49-42-23-9-7-19-36(42)39-28-32(25-26-43(39)49)35-21-12-22-38-37-20-8-10-24-44(37)50-45(35)38/h1-29,40H,(H,47,48). The number of aliphatic imine (C=N–C) groups is 1. The predicted molar refractivity (Wildman–Crippen MR) is 212 cm³/mol. The van der Waals surface area contributed by atoms with E-state index in [2.05, 4.69) is 180 Å². The summed E-state index contributed by atoms with van der Waals surface area (Å²) >= 11 is 1.88. The molecule has 0 saturated heterocycles. The molecule has 3 heterocycles. The Balaban J connectivity index is 1.11. The molecule has 50 heavy (non-hydrogen) atoms. The van der Waals surface area contributed by atoms with E-state index in [4.69, 9.17) is 4.99 Å². The summed E-state index contributed by atoms with van der Waals surface area (Å²) in [5, 5.41) is 8.88. The summed E-state index contributed by atoms with van der Waals surface area (Å²) in [4.78, 5) is 5.19. The van der Waals surface area contributed by atoms with Gasteiger partial charge in [0, 0.05) is 42.2 Å². The first-order chi connectivity index (χ1) is 24.8. The summed E-state index contributed by atoms with van der Waals surface area (Å²) in [5.74, 6) is 0.863. The van der Waals surface area contributed by atoms with Crippen molar-refractivity contribution in [1.82, 2.24) is 9.88 Å². The highest BCUT2D eigenvalue weighted by Crippen LogP contribution is 2.42. The normalized spacial score (nSPS) is 14.6. The highest BCUT2D eigenvalue weighted by molar-refractivity contribution is 7.26. The van der Waals surface area contributed by atoms with Crippen LogP contribution in [0.5, 0.6) is 0 Å². The van der Waals surface area contributed by atoms with Crippen molar-refractivity contribution in [2.45, 2.75) is 6.04 Å². The number of rotatable bonds is 5. The molecule has 7 aromatic carbocycles. The van der Waals surface area contributed by atoms with Crippen LogP contribution in [0.3, 0.4) is 0 Å². The third-order valence-electron chi connectivity index (χ3n) is 9.84. The molecule has 0 radical (unpaired) electrons. The van der Waals surface area contributed by atoms with Gasteiger partial charge < -0.3 is 9.88 Å². The van der Waals surface area contributed by atoms with E-state index in [1.165, 1.54) is 58.7 Å². The molecule has 9 aromatic rings. The molecule has 1 aliphatic heterocycles. The average Bonchev–Trinajstić information content (AvgIpc) is 3.74. The highest BCUT2D eigenvalue weighted by Gasteiger charge is 2.21. The molecule has 10 rings (SSSR count). The molecule has 0 amide bonds. The number of aromatic nitrogens is 1. The molecule has 2 aromatic heterocycles. The third kappa shape index (κ3) is 4.76. The van der Waals surface area contributed by atoms with Crippen molar-refractivity contribution in [3.63, 3.8) is 0 Å². The number of para-hydroxylation sites is 1. The van der Waals surface area contributed by atoms with E-state index in [1.54, 1.807) is 0 Å². The monoisotopic (exact) mass is 657 g/mol. The van der Waals surface area contributed by atoms with Crippen LogP contribution >= 0.6 is 11.3 Å². The van der Waals surface area contributed by atoms with Gasteiger partial charge in [0.1, 0.15) is 5.84 Å². The Labute approximate surface area is 294 Å². The van der Waals surface area contributed by atoms with E-state index >= 15 is 0 Å². The number of hydrogen-bond donors (Lipinski definition) is 1. The van der Waals surface area contributed by atoms with Crippen molar-refractivity contribution in [3.05, 3.63) is 193 Å². The quantitative estimate of drug-likeness (QED) is 0.196. The van der Waals surface area contributed by atoms with Crippen molar-refractivity contribution >= 4 is 64.8 Å². The minimum Gasteiger partial charge on any atom is -0.359 e. The van der Waals surface area contributed by atoms with Gasteiger partial charge in [0.15, 0.2) is 0 Å². The van der Waals surface area contributed by atoms with Gasteiger partial charge in [-0.1, -0.05) is 133 Å². The Morgan fingerprint density at radius 2 is 1.22 bits per heavy atom. The first-order valence-electron chi connectivity index (χ1n) is 17.0. The molecule has 0 bridgehead atoms. The first kappa shape index (κ1) is 28.8. The van der Waals surface area contributed by atoms with Gasteiger partial charge in [0.2, 0.25) is 0 Å². The lowest BCUT2D eigenvalue weighted by molar-refractivity contribution is 0.781. The number of amidine groups is 1. The number of nitrogens with zero attached hydrogens (tertiary/aromatic N) is 2. The summed E-state index contributed by atoms with van der Waals surface area (Å²) in [5.41, 5.74) is 10.3. The lowest BCUT2D eigenvalue weighted by Crippen LogP contribution is -2.31. The molecule has 0 fully saturated rings. The second-order valence-electron chi connectivity index (χ2n) is 12.8. The summed E-state index contributed by atoms with van der Waals surface area (Å²) in [7, 11) is 0. The zero-order chi connectivity index (χ0) is 33.0. The second-order valence-corrected chi connectivity index (χ2v) is 13.9. The zero-order valence-corrected chi connectivity index (χ0v) is 27.9. The van der Waals surface area contributed by atoms with Crippen LogP contribution in [-0.2, 0) is 0 Å². The number of thiophene rings is 1. The highest BCUT2D eigenvalue weighted by atomic mass is 32.1. The average molecular weight is 658 g/mol. The van der Waals surface area contributed by atoms with E-state index in [0.717, 1.165) is 28.3 Å². The van der Waals surface area contributed by atoms with E-state index in [1.807, 2.05) is 17.4 Å². The molecule has 0 spiro atoms. The second kappa shape index (κ2) is 11.7. The number of nitrogens with one attached hydrogen (secondary N) is 1. The fourth-order valence-corrected chi connectivity index (χ4v) is 8.72. The summed E-state index contributed by atoms with van der Waals surface area (Å²) in [6.07, 6.45) is 2.22. The summed E-state index contributed by atoms with van der Waals surface area (Å²) in [6, 6.07) is 60.9. The summed E-state index contributed by atoms with van der Waals surface area (Å²) in [6.45, 7) is 0. The fourth-order valence-electron chi connectivity index (χ4n) is 7.48. The van der Waals surface area contributed by atoms with Crippen LogP contribution in [0.4, 0.5) is 0 Å². The molecule has 1 N–H and O–H groups in total. The molecule has 1 aliphatic rings. The predicted octanol–water partition coefficient (Wildman–Crippen LogP) is 12.0. The minimum atomic E-state index is -0.000359. The Bertz CT molecular complexity index is 2790. The number of hydrogen-bond acceptors (Lipinski definition) is 3. The van der Waals surface area contributed by atoms with E-state index in [0.29, 0.717) is 0 Å². The molecular weight excluding hydrogens is 627 g/mol. The third-order valence-corrected chi connectivity index (χ3v) is 11.1. The van der Waals surface area contributed by atoms with Gasteiger partial charge in [-0.05, 0) is 64.7 Å². The van der Waals surface area contributed by atoms with Gasteiger partial charge in [-0.3, -0.25) is 0 Å². The Hall–Kier alpha value is -6.23. The van der Waals surface area contributed by atoms with Gasteiger partial charge in [-0.25, -0.2) is 4.99 Å². The van der Waals surface area contributed by atoms with Crippen LogP contribution in [0.25, 0.3) is 64.5 Å².